The van der Waals surface area contributed by atoms with Crippen LogP contribution < -0.4 is 5.32 Å². The summed E-state index contributed by atoms with van der Waals surface area (Å²) in [7, 11) is 0. The molecular weight excluding hydrogens is 260 g/mol. The number of amides is 2. The summed E-state index contributed by atoms with van der Waals surface area (Å²) in [5.74, 6) is -1.95. The molecule has 0 saturated carbocycles. The molecule has 0 radical (unpaired) electrons. The van der Waals surface area contributed by atoms with Gasteiger partial charge in [-0.15, -0.1) is 0 Å². The number of rotatable bonds is 2. The standard InChI is InChI=1S/C14H12N2O4/c1-6(17)5-14-9-8(12(18)16-13(9)19)10(20-14)7-3-2-4-15-11(7)14/h2-4,8-10H,5H2,1H3,(H,16,18,19)/t8-,9-,10+,14+/m0/s1. The van der Waals surface area contributed by atoms with Crippen LogP contribution in [0.15, 0.2) is 18.3 Å². The van der Waals surface area contributed by atoms with E-state index in [2.05, 4.69) is 10.3 Å². The number of aromatic nitrogens is 1. The average Bonchev–Trinajstić information content (AvgIpc) is 2.98. The van der Waals surface area contributed by atoms with E-state index >= 15 is 0 Å². The Morgan fingerprint density at radius 1 is 1.45 bits per heavy atom. The van der Waals surface area contributed by atoms with E-state index in [1.54, 1.807) is 12.3 Å². The first-order valence-corrected chi connectivity index (χ1v) is 6.52. The molecule has 4 heterocycles. The van der Waals surface area contributed by atoms with Crippen LogP contribution in [0.3, 0.4) is 0 Å². The molecule has 2 bridgehead atoms. The van der Waals surface area contributed by atoms with E-state index in [1.807, 2.05) is 6.07 Å². The lowest BCUT2D eigenvalue weighted by Crippen LogP contribution is -2.41. The van der Waals surface area contributed by atoms with E-state index < -0.39 is 23.5 Å². The minimum absolute atomic E-state index is 0.0649. The second-order valence-corrected chi connectivity index (χ2v) is 5.60. The third-order valence-corrected chi connectivity index (χ3v) is 4.41. The maximum absolute atomic E-state index is 12.1. The molecule has 3 aliphatic rings. The third kappa shape index (κ3) is 1.17. The van der Waals surface area contributed by atoms with Gasteiger partial charge in [-0.05, 0) is 13.0 Å². The molecule has 2 amide bonds. The topological polar surface area (TPSA) is 85.4 Å². The molecule has 0 spiro atoms. The van der Waals surface area contributed by atoms with Crippen LogP contribution in [0.1, 0.15) is 30.7 Å². The van der Waals surface area contributed by atoms with Gasteiger partial charge in [-0.3, -0.25) is 24.7 Å². The summed E-state index contributed by atoms with van der Waals surface area (Å²) in [6.45, 7) is 1.45. The molecule has 6 nitrogen and oxygen atoms in total. The zero-order valence-electron chi connectivity index (χ0n) is 10.8. The number of fused-ring (bicyclic) bond motifs is 8. The largest absolute Gasteiger partial charge is 0.358 e. The Balaban J connectivity index is 1.95. The summed E-state index contributed by atoms with van der Waals surface area (Å²) in [4.78, 5) is 40.0. The van der Waals surface area contributed by atoms with E-state index in [-0.39, 0.29) is 24.0 Å². The summed E-state index contributed by atoms with van der Waals surface area (Å²) >= 11 is 0. The van der Waals surface area contributed by atoms with Gasteiger partial charge in [0.15, 0.2) is 0 Å². The van der Waals surface area contributed by atoms with Gasteiger partial charge in [0.25, 0.3) is 0 Å². The van der Waals surface area contributed by atoms with E-state index in [1.165, 1.54) is 6.92 Å². The molecule has 1 aromatic rings. The second-order valence-electron chi connectivity index (χ2n) is 5.60. The van der Waals surface area contributed by atoms with Crippen molar-refractivity contribution in [2.45, 2.75) is 25.0 Å². The van der Waals surface area contributed by atoms with Crippen LogP contribution in [0.5, 0.6) is 0 Å². The smallest absolute Gasteiger partial charge is 0.233 e. The van der Waals surface area contributed by atoms with Crippen LogP contribution in [0.25, 0.3) is 0 Å². The number of ketones is 1. The lowest BCUT2D eigenvalue weighted by atomic mass is 9.70. The van der Waals surface area contributed by atoms with Crippen molar-refractivity contribution in [3.63, 3.8) is 0 Å². The summed E-state index contributed by atoms with van der Waals surface area (Å²) < 4.78 is 5.98. The fourth-order valence-corrected chi connectivity index (χ4v) is 3.85. The molecule has 1 aromatic heterocycles. The van der Waals surface area contributed by atoms with Crippen molar-refractivity contribution in [1.29, 1.82) is 0 Å². The second kappa shape index (κ2) is 3.52. The van der Waals surface area contributed by atoms with Gasteiger partial charge in [0.2, 0.25) is 11.8 Å². The van der Waals surface area contributed by atoms with Gasteiger partial charge in [0.1, 0.15) is 11.4 Å². The molecule has 3 aliphatic heterocycles. The minimum atomic E-state index is -1.08. The highest BCUT2D eigenvalue weighted by molar-refractivity contribution is 6.07. The van der Waals surface area contributed by atoms with Gasteiger partial charge < -0.3 is 4.74 Å². The number of hydrogen-bond donors (Lipinski definition) is 1. The number of Topliss-reactive ketones (excluding diaryl/α,β-unsaturated/α-hetero) is 1. The molecule has 0 aromatic carbocycles. The Kier molecular flexibility index (Phi) is 2.06. The Morgan fingerprint density at radius 3 is 3.00 bits per heavy atom. The zero-order chi connectivity index (χ0) is 14.1. The molecule has 20 heavy (non-hydrogen) atoms. The van der Waals surface area contributed by atoms with Crippen molar-refractivity contribution >= 4 is 17.6 Å². The fourth-order valence-electron chi connectivity index (χ4n) is 3.85. The van der Waals surface area contributed by atoms with Crippen LogP contribution in [-0.4, -0.2) is 22.6 Å². The van der Waals surface area contributed by atoms with Crippen LogP contribution in [-0.2, 0) is 24.7 Å². The highest BCUT2D eigenvalue weighted by Crippen LogP contribution is 2.63. The number of pyridine rings is 1. The van der Waals surface area contributed by atoms with Crippen molar-refractivity contribution in [3.05, 3.63) is 29.6 Å². The Labute approximate surface area is 114 Å². The molecule has 0 aliphatic carbocycles. The van der Waals surface area contributed by atoms with Crippen molar-refractivity contribution in [1.82, 2.24) is 10.3 Å². The number of nitrogens with zero attached hydrogens (tertiary/aromatic N) is 1. The minimum Gasteiger partial charge on any atom is -0.358 e. The van der Waals surface area contributed by atoms with Crippen LogP contribution >= 0.6 is 0 Å². The van der Waals surface area contributed by atoms with Crippen molar-refractivity contribution < 1.29 is 19.1 Å². The predicted octanol–water partition coefficient (Wildman–Crippen LogP) is 0.230. The molecule has 102 valence electrons. The molecular formula is C14H12N2O4. The Hall–Kier alpha value is -2.08. The van der Waals surface area contributed by atoms with Crippen molar-refractivity contribution in [2.75, 3.05) is 0 Å². The molecule has 2 fully saturated rings. The van der Waals surface area contributed by atoms with Gasteiger partial charge in [-0.1, -0.05) is 6.07 Å². The summed E-state index contributed by atoms with van der Waals surface area (Å²) in [6.07, 6.45) is 1.21. The quantitative estimate of drug-likeness (QED) is 0.779. The molecule has 6 heteroatoms. The summed E-state index contributed by atoms with van der Waals surface area (Å²) in [5.41, 5.74) is 0.375. The van der Waals surface area contributed by atoms with E-state index in [0.717, 1.165) is 5.56 Å². The maximum Gasteiger partial charge on any atom is 0.233 e. The van der Waals surface area contributed by atoms with E-state index in [0.29, 0.717) is 5.69 Å². The summed E-state index contributed by atoms with van der Waals surface area (Å²) in [5, 5.41) is 2.36. The van der Waals surface area contributed by atoms with Crippen molar-refractivity contribution in [2.24, 2.45) is 11.8 Å². The zero-order valence-corrected chi connectivity index (χ0v) is 10.8. The van der Waals surface area contributed by atoms with Gasteiger partial charge >= 0.3 is 0 Å². The molecule has 4 atom stereocenters. The first-order chi connectivity index (χ1) is 9.54. The number of carbonyl (C=O) groups is 3. The molecule has 4 rings (SSSR count). The third-order valence-electron chi connectivity index (χ3n) is 4.41. The molecule has 2 saturated heterocycles. The normalized spacial score (nSPS) is 36.8. The average molecular weight is 272 g/mol. The summed E-state index contributed by atoms with van der Waals surface area (Å²) in [6, 6.07) is 3.62. The van der Waals surface area contributed by atoms with Gasteiger partial charge in [-0.2, -0.15) is 0 Å². The SMILES string of the molecule is CC(=O)C[C@]12O[C@H](c3cccnc31)[C@H]1C(=O)NC(=O)[C@H]12. The number of nitrogens with one attached hydrogen (secondary N) is 1. The first-order valence-electron chi connectivity index (χ1n) is 6.52. The molecule has 0 unspecified atom stereocenters. The molecule has 1 N–H and O–H groups in total. The van der Waals surface area contributed by atoms with Crippen molar-refractivity contribution in [3.8, 4) is 0 Å². The van der Waals surface area contributed by atoms with Gasteiger partial charge in [-0.25, -0.2) is 0 Å². The fraction of sp³-hybridized carbons (Fsp3) is 0.429. The lowest BCUT2D eigenvalue weighted by Gasteiger charge is -2.30. The predicted molar refractivity (Wildman–Crippen MR) is 65.2 cm³/mol. The van der Waals surface area contributed by atoms with E-state index in [4.69, 9.17) is 4.74 Å². The maximum atomic E-state index is 12.1. The lowest BCUT2D eigenvalue weighted by molar-refractivity contribution is -0.137. The number of carbonyl (C=O) groups excluding carboxylic acids is 3. The van der Waals surface area contributed by atoms with Crippen LogP contribution in [0.2, 0.25) is 0 Å². The van der Waals surface area contributed by atoms with E-state index in [9.17, 15) is 14.4 Å². The highest BCUT2D eigenvalue weighted by Gasteiger charge is 2.70. The van der Waals surface area contributed by atoms with Crippen LogP contribution in [0, 0.1) is 11.8 Å². The van der Waals surface area contributed by atoms with Gasteiger partial charge in [0, 0.05) is 18.2 Å². The Morgan fingerprint density at radius 2 is 2.25 bits per heavy atom. The highest BCUT2D eigenvalue weighted by atomic mass is 16.5. The first kappa shape index (κ1) is 11.7. The Bertz CT molecular complexity index is 671. The number of imide groups is 1. The van der Waals surface area contributed by atoms with Crippen LogP contribution in [0.4, 0.5) is 0 Å². The number of ether oxygens (including phenoxy) is 1. The van der Waals surface area contributed by atoms with Gasteiger partial charge in [0.05, 0.1) is 23.6 Å². The number of hydrogen-bond acceptors (Lipinski definition) is 5. The monoisotopic (exact) mass is 272 g/mol.